The molecule has 0 atom stereocenters. The number of benzene rings is 1. The number of piperidine rings is 1. The topological polar surface area (TPSA) is 54.5 Å². The Balaban J connectivity index is 1.46. The Morgan fingerprint density at radius 2 is 1.77 bits per heavy atom. The highest BCUT2D eigenvalue weighted by atomic mass is 28.4. The number of nitrogens with one attached hydrogen (secondary N) is 1. The summed E-state index contributed by atoms with van der Waals surface area (Å²) in [5, 5.41) is 3.08. The second-order valence-electron chi connectivity index (χ2n) is 10.3. The first kappa shape index (κ1) is 23.3. The van der Waals surface area contributed by atoms with E-state index in [1.165, 1.54) is 11.3 Å². The molecular formula is C25H37N3O2Si. The zero-order valence-electron chi connectivity index (χ0n) is 19.9. The molecule has 5 nitrogen and oxygen atoms in total. The number of anilines is 2. The lowest BCUT2D eigenvalue weighted by Crippen LogP contribution is -2.43. The summed E-state index contributed by atoms with van der Waals surface area (Å²) in [6.45, 7) is 15.2. The maximum absolute atomic E-state index is 12.5. The maximum atomic E-state index is 12.5. The van der Waals surface area contributed by atoms with Crippen LogP contribution < -0.4 is 14.6 Å². The second-order valence-corrected chi connectivity index (χ2v) is 15.0. The van der Waals surface area contributed by atoms with E-state index in [-0.39, 0.29) is 10.9 Å². The van der Waals surface area contributed by atoms with Gasteiger partial charge in [0, 0.05) is 25.2 Å². The van der Waals surface area contributed by atoms with Gasteiger partial charge in [0.2, 0.25) is 5.91 Å². The van der Waals surface area contributed by atoms with Crippen molar-refractivity contribution < 1.29 is 9.22 Å². The largest absolute Gasteiger partial charge is 0.542 e. The third-order valence-electron chi connectivity index (χ3n) is 6.67. The molecule has 2 heterocycles. The highest BCUT2D eigenvalue weighted by Crippen LogP contribution is 2.37. The average Bonchev–Trinajstić information content (AvgIpc) is 2.70. The number of aromatic nitrogens is 1. The van der Waals surface area contributed by atoms with Crippen LogP contribution in [-0.2, 0) is 4.79 Å². The van der Waals surface area contributed by atoms with E-state index in [0.717, 1.165) is 31.7 Å². The summed E-state index contributed by atoms with van der Waals surface area (Å²) in [5.74, 6) is 1.82. The number of nitrogens with zero attached hydrogens (tertiary/aromatic N) is 2. The first-order valence-electron chi connectivity index (χ1n) is 11.3. The summed E-state index contributed by atoms with van der Waals surface area (Å²) in [5.41, 5.74) is 2.56. The lowest BCUT2D eigenvalue weighted by atomic mass is 9.93. The summed E-state index contributed by atoms with van der Waals surface area (Å²) in [6, 6.07) is 12.4. The van der Waals surface area contributed by atoms with E-state index in [9.17, 15) is 4.79 Å². The van der Waals surface area contributed by atoms with Gasteiger partial charge in [-0.2, -0.15) is 0 Å². The third kappa shape index (κ3) is 6.32. The molecule has 0 aliphatic carbocycles. The SMILES string of the molecule is Cc1ccc(N2CCC(CC(=O)Nc3ccc(O[Si](C)(C)C(C)(C)C)cn3)CC2)cc1. The van der Waals surface area contributed by atoms with Crippen molar-refractivity contribution in [3.05, 3.63) is 48.2 Å². The van der Waals surface area contributed by atoms with Crippen molar-refractivity contribution in [3.63, 3.8) is 0 Å². The molecule has 0 radical (unpaired) electrons. The van der Waals surface area contributed by atoms with Crippen LogP contribution in [0.2, 0.25) is 18.1 Å². The van der Waals surface area contributed by atoms with Crippen molar-refractivity contribution in [1.29, 1.82) is 0 Å². The zero-order chi connectivity index (χ0) is 22.6. The summed E-state index contributed by atoms with van der Waals surface area (Å²) < 4.78 is 6.26. The van der Waals surface area contributed by atoms with Crippen LogP contribution in [0, 0.1) is 12.8 Å². The van der Waals surface area contributed by atoms with Crippen LogP contribution in [0.5, 0.6) is 5.75 Å². The molecule has 1 N–H and O–H groups in total. The summed E-state index contributed by atoms with van der Waals surface area (Å²) >= 11 is 0. The fourth-order valence-corrected chi connectivity index (χ4v) is 4.59. The number of rotatable bonds is 6. The number of carbonyl (C=O) groups is 1. The molecule has 6 heteroatoms. The fourth-order valence-electron chi connectivity index (χ4n) is 3.57. The molecule has 3 rings (SSSR count). The number of pyridine rings is 1. The highest BCUT2D eigenvalue weighted by molar-refractivity contribution is 6.74. The van der Waals surface area contributed by atoms with Crippen LogP contribution in [0.15, 0.2) is 42.6 Å². The number of carbonyl (C=O) groups excluding carboxylic acids is 1. The van der Waals surface area contributed by atoms with Gasteiger partial charge in [0.15, 0.2) is 0 Å². The predicted octanol–water partition coefficient (Wildman–Crippen LogP) is 6.02. The molecule has 1 amide bonds. The average molecular weight is 440 g/mol. The van der Waals surface area contributed by atoms with Crippen molar-refractivity contribution in [3.8, 4) is 5.75 Å². The van der Waals surface area contributed by atoms with Gasteiger partial charge < -0.3 is 14.6 Å². The molecule has 1 fully saturated rings. The van der Waals surface area contributed by atoms with Crippen LogP contribution in [0.1, 0.15) is 45.6 Å². The summed E-state index contributed by atoms with van der Waals surface area (Å²) in [7, 11) is -1.89. The minimum absolute atomic E-state index is 0.0411. The molecule has 0 spiro atoms. The molecule has 0 saturated carbocycles. The van der Waals surface area contributed by atoms with Gasteiger partial charge in [-0.1, -0.05) is 38.5 Å². The first-order valence-corrected chi connectivity index (χ1v) is 14.2. The Labute approximate surface area is 188 Å². The molecule has 1 aliphatic heterocycles. The smallest absolute Gasteiger partial charge is 0.250 e. The van der Waals surface area contributed by atoms with Crippen LogP contribution in [0.4, 0.5) is 11.5 Å². The Bertz CT molecular complexity index is 865. The first-order chi connectivity index (χ1) is 14.5. The molecule has 0 unspecified atom stereocenters. The quantitative estimate of drug-likeness (QED) is 0.559. The fraction of sp³-hybridized carbons (Fsp3) is 0.520. The van der Waals surface area contributed by atoms with E-state index in [2.05, 4.69) is 80.3 Å². The minimum atomic E-state index is -1.89. The molecule has 31 heavy (non-hydrogen) atoms. The van der Waals surface area contributed by atoms with Gasteiger partial charge in [0.25, 0.3) is 8.32 Å². The highest BCUT2D eigenvalue weighted by Gasteiger charge is 2.39. The normalized spacial score (nSPS) is 15.6. The molecule has 1 saturated heterocycles. The Morgan fingerprint density at radius 1 is 1.13 bits per heavy atom. The van der Waals surface area contributed by atoms with Crippen molar-refractivity contribution in [2.24, 2.45) is 5.92 Å². The monoisotopic (exact) mass is 439 g/mol. The standard InChI is InChI=1S/C25H37N3O2Si/c1-19-7-9-21(10-8-19)28-15-13-20(14-16-28)17-24(29)27-23-12-11-22(18-26-23)30-31(5,6)25(2,3)4/h7-12,18,20H,13-17H2,1-6H3,(H,26,27,29). The van der Waals surface area contributed by atoms with Crippen molar-refractivity contribution in [2.75, 3.05) is 23.3 Å². The van der Waals surface area contributed by atoms with Gasteiger partial charge in [-0.15, -0.1) is 0 Å². The molecule has 1 aromatic heterocycles. The van der Waals surface area contributed by atoms with Gasteiger partial charge in [-0.05, 0) is 68.1 Å². The van der Waals surface area contributed by atoms with Crippen LogP contribution in [0.3, 0.4) is 0 Å². The third-order valence-corrected chi connectivity index (χ3v) is 11.0. The number of aryl methyl sites for hydroxylation is 1. The summed E-state index contributed by atoms with van der Waals surface area (Å²) in [4.78, 5) is 19.3. The molecule has 1 aromatic carbocycles. The van der Waals surface area contributed by atoms with Gasteiger partial charge >= 0.3 is 0 Å². The van der Waals surface area contributed by atoms with Gasteiger partial charge in [0.1, 0.15) is 11.6 Å². The molecule has 2 aromatic rings. The van der Waals surface area contributed by atoms with E-state index < -0.39 is 8.32 Å². The van der Waals surface area contributed by atoms with E-state index >= 15 is 0 Å². The van der Waals surface area contributed by atoms with E-state index in [1.54, 1.807) is 6.20 Å². The van der Waals surface area contributed by atoms with Crippen molar-refractivity contribution in [2.45, 2.75) is 65.1 Å². The number of amides is 1. The van der Waals surface area contributed by atoms with Gasteiger partial charge in [0.05, 0.1) is 6.20 Å². The minimum Gasteiger partial charge on any atom is -0.542 e. The number of hydrogen-bond acceptors (Lipinski definition) is 4. The summed E-state index contributed by atoms with van der Waals surface area (Å²) in [6.07, 6.45) is 4.34. The number of hydrogen-bond donors (Lipinski definition) is 1. The maximum Gasteiger partial charge on any atom is 0.250 e. The van der Waals surface area contributed by atoms with Crippen LogP contribution in [0.25, 0.3) is 0 Å². The van der Waals surface area contributed by atoms with Crippen LogP contribution in [-0.4, -0.2) is 32.3 Å². The van der Waals surface area contributed by atoms with Crippen LogP contribution >= 0.6 is 0 Å². The van der Waals surface area contributed by atoms with Gasteiger partial charge in [-0.25, -0.2) is 4.98 Å². The van der Waals surface area contributed by atoms with Crippen molar-refractivity contribution >= 4 is 25.7 Å². The molecule has 168 valence electrons. The van der Waals surface area contributed by atoms with Crippen molar-refractivity contribution in [1.82, 2.24) is 4.98 Å². The van der Waals surface area contributed by atoms with E-state index in [4.69, 9.17) is 4.43 Å². The molecule has 0 bridgehead atoms. The molecular weight excluding hydrogens is 402 g/mol. The predicted molar refractivity (Wildman–Crippen MR) is 131 cm³/mol. The zero-order valence-corrected chi connectivity index (χ0v) is 20.9. The van der Waals surface area contributed by atoms with Gasteiger partial charge in [-0.3, -0.25) is 4.79 Å². The Morgan fingerprint density at radius 3 is 2.32 bits per heavy atom. The second kappa shape index (κ2) is 9.43. The lowest BCUT2D eigenvalue weighted by Gasteiger charge is -2.36. The van der Waals surface area contributed by atoms with E-state index in [1.807, 2.05) is 12.1 Å². The molecule has 1 aliphatic rings. The Hall–Kier alpha value is -2.34. The lowest BCUT2D eigenvalue weighted by molar-refractivity contribution is -0.117. The van der Waals surface area contributed by atoms with E-state index in [0.29, 0.717) is 18.2 Å². The Kier molecular flexibility index (Phi) is 7.09.